The van der Waals surface area contributed by atoms with Crippen LogP contribution in [0.4, 0.5) is 11.4 Å². The molecule has 1 aromatic carbocycles. The molecule has 5 nitrogen and oxygen atoms in total. The van der Waals surface area contributed by atoms with Crippen molar-refractivity contribution < 1.29 is 9.72 Å². The molecule has 0 radical (unpaired) electrons. The number of nitrogens with one attached hydrogen (secondary N) is 1. The van der Waals surface area contributed by atoms with E-state index < -0.39 is 4.92 Å². The molecular weight excluding hydrogens is 300 g/mol. The van der Waals surface area contributed by atoms with E-state index in [0.717, 1.165) is 24.8 Å². The lowest BCUT2D eigenvalue weighted by Crippen LogP contribution is -2.16. The second-order valence-corrected chi connectivity index (χ2v) is 6.62. The van der Waals surface area contributed by atoms with Crippen molar-refractivity contribution in [3.63, 3.8) is 0 Å². The van der Waals surface area contributed by atoms with E-state index in [1.807, 2.05) is 5.38 Å². The van der Waals surface area contributed by atoms with Gasteiger partial charge in [-0.3, -0.25) is 14.9 Å². The number of nitro groups is 1. The predicted molar refractivity (Wildman–Crippen MR) is 86.6 cm³/mol. The quantitative estimate of drug-likeness (QED) is 0.686. The molecule has 1 N–H and O–H groups in total. The number of carbonyl (C=O) groups is 1. The van der Waals surface area contributed by atoms with Crippen molar-refractivity contribution in [2.45, 2.75) is 26.2 Å². The minimum Gasteiger partial charge on any atom is -0.322 e. The number of nitrogens with zero attached hydrogens (tertiary/aromatic N) is 1. The predicted octanol–water partition coefficient (Wildman–Crippen LogP) is 4.03. The fraction of sp³-hybridized carbons (Fsp3) is 0.312. The SMILES string of the molecule is C[C@H]1CCc2c(C(=O)Nc3ccc([N+](=O)[O-])cc3)csc2C1. The standard InChI is InChI=1S/C16H16N2O3S/c1-10-2-7-13-14(9-22-15(13)8-10)16(19)17-11-3-5-12(6-4-11)18(20)21/h3-6,9-10H,2,7-8H2,1H3,(H,17,19)/t10-/m0/s1. The number of amides is 1. The molecule has 1 amide bonds. The van der Waals surface area contributed by atoms with E-state index in [1.165, 1.54) is 22.6 Å². The minimum atomic E-state index is -0.456. The van der Waals surface area contributed by atoms with E-state index in [1.54, 1.807) is 23.5 Å². The van der Waals surface area contributed by atoms with Gasteiger partial charge in [0.2, 0.25) is 0 Å². The first-order chi connectivity index (χ1) is 10.5. The first kappa shape index (κ1) is 14.7. The molecule has 0 saturated carbocycles. The van der Waals surface area contributed by atoms with Crippen molar-refractivity contribution in [1.29, 1.82) is 0 Å². The fourth-order valence-corrected chi connectivity index (χ4v) is 3.98. The number of non-ortho nitro benzene ring substituents is 1. The second kappa shape index (κ2) is 5.88. The Morgan fingerprint density at radius 2 is 2.09 bits per heavy atom. The van der Waals surface area contributed by atoms with Gasteiger partial charge in [-0.25, -0.2) is 0 Å². The van der Waals surface area contributed by atoms with E-state index in [0.29, 0.717) is 11.6 Å². The Morgan fingerprint density at radius 1 is 1.36 bits per heavy atom. The average molecular weight is 316 g/mol. The molecule has 3 rings (SSSR count). The normalized spacial score (nSPS) is 16.9. The van der Waals surface area contributed by atoms with Crippen molar-refractivity contribution in [2.75, 3.05) is 5.32 Å². The largest absolute Gasteiger partial charge is 0.322 e. The van der Waals surface area contributed by atoms with Crippen molar-refractivity contribution in [3.8, 4) is 0 Å². The number of benzene rings is 1. The molecule has 1 aromatic heterocycles. The first-order valence-corrected chi connectivity index (χ1v) is 8.07. The lowest BCUT2D eigenvalue weighted by Gasteiger charge is -2.18. The average Bonchev–Trinajstić information content (AvgIpc) is 2.90. The minimum absolute atomic E-state index is 0.0138. The van der Waals surface area contributed by atoms with Crippen LogP contribution in [0.15, 0.2) is 29.6 Å². The number of carbonyl (C=O) groups excluding carboxylic acids is 1. The Labute approximate surface area is 132 Å². The van der Waals surface area contributed by atoms with E-state index in [-0.39, 0.29) is 11.6 Å². The number of nitro benzene ring substituents is 1. The molecule has 1 atom stereocenters. The van der Waals surface area contributed by atoms with E-state index in [4.69, 9.17) is 0 Å². The van der Waals surface area contributed by atoms with Gasteiger partial charge in [0.25, 0.3) is 11.6 Å². The highest BCUT2D eigenvalue weighted by Crippen LogP contribution is 2.33. The summed E-state index contributed by atoms with van der Waals surface area (Å²) in [6.45, 7) is 2.24. The molecule has 22 heavy (non-hydrogen) atoms. The Balaban J connectivity index is 1.76. The van der Waals surface area contributed by atoms with Gasteiger partial charge in [-0.05, 0) is 42.9 Å². The first-order valence-electron chi connectivity index (χ1n) is 7.19. The topological polar surface area (TPSA) is 72.2 Å². The molecule has 0 spiro atoms. The third-order valence-corrected chi connectivity index (χ3v) is 5.03. The zero-order valence-electron chi connectivity index (χ0n) is 12.2. The smallest absolute Gasteiger partial charge is 0.269 e. The molecule has 1 heterocycles. The van der Waals surface area contributed by atoms with Crippen molar-refractivity contribution >= 4 is 28.6 Å². The lowest BCUT2D eigenvalue weighted by atomic mass is 9.88. The van der Waals surface area contributed by atoms with E-state index in [2.05, 4.69) is 12.2 Å². The molecule has 0 saturated heterocycles. The van der Waals surface area contributed by atoms with Gasteiger partial charge in [0.15, 0.2) is 0 Å². The summed E-state index contributed by atoms with van der Waals surface area (Å²) in [4.78, 5) is 23.9. The summed E-state index contributed by atoms with van der Waals surface area (Å²) < 4.78 is 0. The number of hydrogen-bond donors (Lipinski definition) is 1. The van der Waals surface area contributed by atoms with Crippen LogP contribution in [0.2, 0.25) is 0 Å². The Hall–Kier alpha value is -2.21. The van der Waals surface area contributed by atoms with Crippen molar-refractivity contribution in [2.24, 2.45) is 5.92 Å². The summed E-state index contributed by atoms with van der Waals surface area (Å²) in [5.41, 5.74) is 2.49. The van der Waals surface area contributed by atoms with Gasteiger partial charge in [0, 0.05) is 28.1 Å². The van der Waals surface area contributed by atoms with Gasteiger partial charge in [0.05, 0.1) is 10.5 Å². The van der Waals surface area contributed by atoms with Crippen molar-refractivity contribution in [3.05, 3.63) is 55.8 Å². The molecule has 0 unspecified atom stereocenters. The molecular formula is C16H16N2O3S. The van der Waals surface area contributed by atoms with Crippen molar-refractivity contribution in [1.82, 2.24) is 0 Å². The lowest BCUT2D eigenvalue weighted by molar-refractivity contribution is -0.384. The Kier molecular flexibility index (Phi) is 3.94. The van der Waals surface area contributed by atoms with E-state index >= 15 is 0 Å². The number of anilines is 1. The molecule has 1 aliphatic rings. The summed E-state index contributed by atoms with van der Waals surface area (Å²) in [7, 11) is 0. The van der Waals surface area contributed by atoms with Crippen LogP contribution in [0.3, 0.4) is 0 Å². The third-order valence-electron chi connectivity index (χ3n) is 3.98. The molecule has 0 fully saturated rings. The second-order valence-electron chi connectivity index (χ2n) is 5.66. The third kappa shape index (κ3) is 2.87. The fourth-order valence-electron chi connectivity index (χ4n) is 2.73. The number of hydrogen-bond acceptors (Lipinski definition) is 4. The highest BCUT2D eigenvalue weighted by atomic mass is 32.1. The van der Waals surface area contributed by atoms with Crippen LogP contribution in [-0.4, -0.2) is 10.8 Å². The maximum atomic E-state index is 12.4. The number of thiophene rings is 1. The summed E-state index contributed by atoms with van der Waals surface area (Å²) in [5.74, 6) is 0.539. The van der Waals surface area contributed by atoms with E-state index in [9.17, 15) is 14.9 Å². The van der Waals surface area contributed by atoms with Gasteiger partial charge < -0.3 is 5.32 Å². The van der Waals surface area contributed by atoms with Gasteiger partial charge >= 0.3 is 0 Å². The Morgan fingerprint density at radius 3 is 2.77 bits per heavy atom. The summed E-state index contributed by atoms with van der Waals surface area (Å²) in [6.07, 6.45) is 3.11. The highest BCUT2D eigenvalue weighted by molar-refractivity contribution is 7.10. The van der Waals surface area contributed by atoms with Gasteiger partial charge in [0.1, 0.15) is 0 Å². The van der Waals surface area contributed by atoms with Gasteiger partial charge in [-0.15, -0.1) is 11.3 Å². The van der Waals surface area contributed by atoms with Crippen LogP contribution < -0.4 is 5.32 Å². The van der Waals surface area contributed by atoms with Crippen LogP contribution in [0.1, 0.15) is 34.1 Å². The summed E-state index contributed by atoms with van der Waals surface area (Å²) in [6, 6.07) is 5.88. The molecule has 0 bridgehead atoms. The van der Waals surface area contributed by atoms with Crippen LogP contribution >= 0.6 is 11.3 Å². The summed E-state index contributed by atoms with van der Waals surface area (Å²) >= 11 is 1.65. The van der Waals surface area contributed by atoms with Crippen LogP contribution in [-0.2, 0) is 12.8 Å². The van der Waals surface area contributed by atoms with Crippen LogP contribution in [0.25, 0.3) is 0 Å². The van der Waals surface area contributed by atoms with Gasteiger partial charge in [-0.2, -0.15) is 0 Å². The zero-order chi connectivity index (χ0) is 15.7. The van der Waals surface area contributed by atoms with Crippen LogP contribution in [0.5, 0.6) is 0 Å². The Bertz CT molecular complexity index is 721. The molecule has 1 aliphatic carbocycles. The molecule has 0 aliphatic heterocycles. The highest BCUT2D eigenvalue weighted by Gasteiger charge is 2.23. The molecule has 114 valence electrons. The van der Waals surface area contributed by atoms with Crippen LogP contribution in [0, 0.1) is 16.0 Å². The number of fused-ring (bicyclic) bond motifs is 1. The zero-order valence-corrected chi connectivity index (χ0v) is 13.0. The molecule has 2 aromatic rings. The summed E-state index contributed by atoms with van der Waals surface area (Å²) in [5, 5.41) is 15.4. The van der Waals surface area contributed by atoms with Gasteiger partial charge in [-0.1, -0.05) is 6.92 Å². The monoisotopic (exact) mass is 316 g/mol. The number of rotatable bonds is 3. The molecule has 6 heteroatoms. The maximum Gasteiger partial charge on any atom is 0.269 e. The maximum absolute atomic E-state index is 12.4.